The first kappa shape index (κ1) is 12.9. The highest BCUT2D eigenvalue weighted by Gasteiger charge is 2.30. The van der Waals surface area contributed by atoms with Crippen LogP contribution in [0.15, 0.2) is 0 Å². The number of carboxylic acids is 1. The molecule has 6 heteroatoms. The van der Waals surface area contributed by atoms with Crippen molar-refractivity contribution in [2.75, 3.05) is 27.2 Å². The maximum atomic E-state index is 11.7. The Morgan fingerprint density at radius 2 is 1.94 bits per heavy atom. The van der Waals surface area contributed by atoms with Crippen molar-refractivity contribution in [3.63, 3.8) is 0 Å². The third-order valence-corrected chi connectivity index (χ3v) is 3.12. The van der Waals surface area contributed by atoms with E-state index in [1.165, 1.54) is 4.90 Å². The fraction of sp³-hybridized carbons (Fsp3) is 0.800. The predicted octanol–water partition coefficient (Wildman–Crippen LogP) is -1.05. The number of carbonyl (C=O) groups is 2. The van der Waals surface area contributed by atoms with Crippen LogP contribution in [-0.2, 0) is 9.59 Å². The summed E-state index contributed by atoms with van der Waals surface area (Å²) in [6, 6.07) is -1.33. The van der Waals surface area contributed by atoms with E-state index in [4.69, 9.17) is 10.8 Å². The van der Waals surface area contributed by atoms with Gasteiger partial charge in [-0.05, 0) is 33.0 Å². The summed E-state index contributed by atoms with van der Waals surface area (Å²) in [6.07, 6.45) is 1.73. The van der Waals surface area contributed by atoms with Crippen molar-refractivity contribution in [3.05, 3.63) is 0 Å². The van der Waals surface area contributed by atoms with Gasteiger partial charge in [-0.15, -0.1) is 0 Å². The minimum atomic E-state index is -1.44. The van der Waals surface area contributed by atoms with E-state index in [9.17, 15) is 9.59 Å². The third kappa shape index (κ3) is 2.93. The second kappa shape index (κ2) is 5.27. The highest BCUT2D eigenvalue weighted by Crippen LogP contribution is 2.14. The molecule has 0 aromatic rings. The SMILES string of the molecule is CN1CCC(N(C)C(=O)C(N)C(=O)O)CC1. The fourth-order valence-electron chi connectivity index (χ4n) is 1.89. The zero-order valence-corrected chi connectivity index (χ0v) is 9.72. The largest absolute Gasteiger partial charge is 0.480 e. The lowest BCUT2D eigenvalue weighted by Gasteiger charge is -2.35. The summed E-state index contributed by atoms with van der Waals surface area (Å²) in [5.41, 5.74) is 5.29. The first-order chi connectivity index (χ1) is 7.43. The lowest BCUT2D eigenvalue weighted by molar-refractivity contribution is -0.147. The Kier molecular flexibility index (Phi) is 4.26. The van der Waals surface area contributed by atoms with Crippen molar-refractivity contribution in [1.29, 1.82) is 0 Å². The Morgan fingerprint density at radius 3 is 2.38 bits per heavy atom. The first-order valence-electron chi connectivity index (χ1n) is 5.37. The van der Waals surface area contributed by atoms with Crippen molar-refractivity contribution in [2.45, 2.75) is 24.9 Å². The lowest BCUT2D eigenvalue weighted by Crippen LogP contribution is -2.52. The number of carboxylic acid groups (broad SMARTS) is 1. The normalized spacial score (nSPS) is 20.4. The molecule has 0 saturated carbocycles. The molecule has 0 radical (unpaired) electrons. The van der Waals surface area contributed by atoms with Gasteiger partial charge in [0.15, 0.2) is 6.04 Å². The van der Waals surface area contributed by atoms with E-state index in [-0.39, 0.29) is 6.04 Å². The molecule has 1 rings (SSSR count). The highest BCUT2D eigenvalue weighted by atomic mass is 16.4. The van der Waals surface area contributed by atoms with Crippen LogP contribution in [0.2, 0.25) is 0 Å². The lowest BCUT2D eigenvalue weighted by atomic mass is 10.0. The molecular formula is C10H19N3O3. The highest BCUT2D eigenvalue weighted by molar-refractivity contribution is 6.00. The number of likely N-dealkylation sites (tertiary alicyclic amines) is 1. The summed E-state index contributed by atoms with van der Waals surface area (Å²) in [6.45, 7) is 1.84. The third-order valence-electron chi connectivity index (χ3n) is 3.12. The number of nitrogens with two attached hydrogens (primary N) is 1. The monoisotopic (exact) mass is 229 g/mol. The van der Waals surface area contributed by atoms with Gasteiger partial charge in [-0.1, -0.05) is 0 Å². The number of nitrogens with zero attached hydrogens (tertiary/aromatic N) is 2. The van der Waals surface area contributed by atoms with E-state index in [2.05, 4.69) is 4.90 Å². The van der Waals surface area contributed by atoms with Gasteiger partial charge in [0.25, 0.3) is 5.91 Å². The zero-order valence-electron chi connectivity index (χ0n) is 9.72. The van der Waals surface area contributed by atoms with Crippen molar-refractivity contribution in [1.82, 2.24) is 9.80 Å². The molecule has 0 bridgehead atoms. The number of hydrogen-bond acceptors (Lipinski definition) is 4. The maximum absolute atomic E-state index is 11.7. The number of rotatable bonds is 3. The van der Waals surface area contributed by atoms with Crippen LogP contribution in [0.3, 0.4) is 0 Å². The Balaban J connectivity index is 2.54. The maximum Gasteiger partial charge on any atom is 0.330 e. The molecule has 1 heterocycles. The summed E-state index contributed by atoms with van der Waals surface area (Å²) in [4.78, 5) is 25.9. The van der Waals surface area contributed by atoms with E-state index in [1.807, 2.05) is 7.05 Å². The van der Waals surface area contributed by atoms with Gasteiger partial charge in [0.2, 0.25) is 0 Å². The van der Waals surface area contributed by atoms with Gasteiger partial charge in [0, 0.05) is 13.1 Å². The van der Waals surface area contributed by atoms with E-state index >= 15 is 0 Å². The second-order valence-corrected chi connectivity index (χ2v) is 4.30. The van der Waals surface area contributed by atoms with Gasteiger partial charge in [-0.25, -0.2) is 4.79 Å². The van der Waals surface area contributed by atoms with Crippen LogP contribution in [0.4, 0.5) is 0 Å². The van der Waals surface area contributed by atoms with E-state index < -0.39 is 17.9 Å². The zero-order chi connectivity index (χ0) is 12.3. The van der Waals surface area contributed by atoms with Gasteiger partial charge in [0.05, 0.1) is 0 Å². The molecule has 1 atom stereocenters. The van der Waals surface area contributed by atoms with Gasteiger partial charge < -0.3 is 20.6 Å². The summed E-state index contributed by atoms with van der Waals surface area (Å²) in [5.74, 6) is -1.79. The number of likely N-dealkylation sites (N-methyl/N-ethyl adjacent to an activating group) is 1. The molecule has 1 unspecified atom stereocenters. The molecule has 1 fully saturated rings. The van der Waals surface area contributed by atoms with Gasteiger partial charge in [0.1, 0.15) is 0 Å². The van der Waals surface area contributed by atoms with Crippen LogP contribution in [0, 0.1) is 0 Å². The van der Waals surface area contributed by atoms with E-state index in [0.717, 1.165) is 25.9 Å². The average molecular weight is 229 g/mol. The predicted molar refractivity (Wildman–Crippen MR) is 58.9 cm³/mol. The molecule has 1 amide bonds. The number of piperidine rings is 1. The Bertz CT molecular complexity index is 274. The first-order valence-corrected chi connectivity index (χ1v) is 5.37. The van der Waals surface area contributed by atoms with Crippen molar-refractivity contribution < 1.29 is 14.7 Å². The van der Waals surface area contributed by atoms with Crippen LogP contribution < -0.4 is 5.73 Å². The Hall–Kier alpha value is -1.14. The minimum absolute atomic E-state index is 0.106. The van der Waals surface area contributed by atoms with Crippen LogP contribution in [-0.4, -0.2) is 66.1 Å². The summed E-state index contributed by atoms with van der Waals surface area (Å²) < 4.78 is 0. The Morgan fingerprint density at radius 1 is 1.44 bits per heavy atom. The molecule has 1 saturated heterocycles. The molecule has 1 aliphatic heterocycles. The number of hydrogen-bond donors (Lipinski definition) is 2. The number of aliphatic carboxylic acids is 1. The Labute approximate surface area is 95.0 Å². The molecule has 3 N–H and O–H groups in total. The fourth-order valence-corrected chi connectivity index (χ4v) is 1.89. The molecule has 92 valence electrons. The smallest absolute Gasteiger partial charge is 0.330 e. The molecular weight excluding hydrogens is 210 g/mol. The second-order valence-electron chi connectivity index (χ2n) is 4.30. The van der Waals surface area contributed by atoms with Crippen molar-refractivity contribution >= 4 is 11.9 Å². The minimum Gasteiger partial charge on any atom is -0.480 e. The quantitative estimate of drug-likeness (QED) is 0.603. The summed E-state index contributed by atoms with van der Waals surface area (Å²) in [7, 11) is 3.65. The van der Waals surface area contributed by atoms with Crippen LogP contribution in [0.1, 0.15) is 12.8 Å². The van der Waals surface area contributed by atoms with Crippen LogP contribution in [0.5, 0.6) is 0 Å². The molecule has 16 heavy (non-hydrogen) atoms. The van der Waals surface area contributed by atoms with Crippen molar-refractivity contribution in [2.24, 2.45) is 5.73 Å². The van der Waals surface area contributed by atoms with Gasteiger partial charge >= 0.3 is 5.97 Å². The molecule has 1 aliphatic rings. The molecule has 6 nitrogen and oxygen atoms in total. The topological polar surface area (TPSA) is 86.9 Å². The van der Waals surface area contributed by atoms with Gasteiger partial charge in [-0.2, -0.15) is 0 Å². The van der Waals surface area contributed by atoms with Crippen LogP contribution >= 0.6 is 0 Å². The van der Waals surface area contributed by atoms with Crippen LogP contribution in [0.25, 0.3) is 0 Å². The molecule has 0 aromatic heterocycles. The number of amides is 1. The summed E-state index contributed by atoms with van der Waals surface area (Å²) in [5, 5.41) is 8.66. The molecule has 0 spiro atoms. The van der Waals surface area contributed by atoms with E-state index in [1.54, 1.807) is 7.05 Å². The van der Waals surface area contributed by atoms with E-state index in [0.29, 0.717) is 0 Å². The van der Waals surface area contributed by atoms with Crippen molar-refractivity contribution in [3.8, 4) is 0 Å². The average Bonchev–Trinajstić information content (AvgIpc) is 2.27. The standard InChI is InChI=1S/C10H19N3O3/c1-12-5-3-7(4-6-12)13(2)9(14)8(11)10(15)16/h7-8H,3-6,11H2,1-2H3,(H,15,16). The molecule has 0 aromatic carbocycles. The summed E-state index contributed by atoms with van der Waals surface area (Å²) >= 11 is 0. The van der Waals surface area contributed by atoms with Gasteiger partial charge in [-0.3, -0.25) is 4.79 Å². The molecule has 0 aliphatic carbocycles. The number of carbonyl (C=O) groups excluding carboxylic acids is 1.